The standard InChI is InChI=1S/C15H21Cl2N3O3S/c16-11-9-13(17)15(20-10-11)19-7-6-18-14(21)5-8-24(22,23)12-3-1-2-4-12/h9-10,12H,1-8H2,(H,18,21)(H,19,20). The van der Waals surface area contributed by atoms with Gasteiger partial charge in [-0.2, -0.15) is 0 Å². The molecule has 1 aromatic rings. The van der Waals surface area contributed by atoms with Crippen molar-refractivity contribution in [3.8, 4) is 0 Å². The summed E-state index contributed by atoms with van der Waals surface area (Å²) in [5.41, 5.74) is 0. The fourth-order valence-corrected chi connectivity index (χ4v) is 4.97. The molecule has 0 radical (unpaired) electrons. The Kier molecular flexibility index (Phi) is 7.13. The van der Waals surface area contributed by atoms with E-state index in [9.17, 15) is 13.2 Å². The minimum atomic E-state index is -3.15. The van der Waals surface area contributed by atoms with Gasteiger partial charge >= 0.3 is 0 Å². The molecular weight excluding hydrogens is 373 g/mol. The van der Waals surface area contributed by atoms with Crippen LogP contribution in [0.5, 0.6) is 0 Å². The number of carbonyl (C=O) groups is 1. The molecule has 1 aromatic heterocycles. The fraction of sp³-hybridized carbons (Fsp3) is 0.600. The molecule has 9 heteroatoms. The highest BCUT2D eigenvalue weighted by Crippen LogP contribution is 2.25. The van der Waals surface area contributed by atoms with E-state index in [1.807, 2.05) is 0 Å². The molecule has 6 nitrogen and oxygen atoms in total. The Balaban J connectivity index is 1.66. The van der Waals surface area contributed by atoms with Crippen molar-refractivity contribution in [2.75, 3.05) is 24.2 Å². The van der Waals surface area contributed by atoms with Crippen LogP contribution < -0.4 is 10.6 Å². The largest absolute Gasteiger partial charge is 0.367 e. The van der Waals surface area contributed by atoms with Crippen LogP contribution in [0.3, 0.4) is 0 Å². The van der Waals surface area contributed by atoms with Gasteiger partial charge in [-0.1, -0.05) is 36.0 Å². The summed E-state index contributed by atoms with van der Waals surface area (Å²) in [7, 11) is -3.15. The van der Waals surface area contributed by atoms with Crippen LogP contribution >= 0.6 is 23.2 Å². The van der Waals surface area contributed by atoms with Crippen LogP contribution in [-0.2, 0) is 14.6 Å². The molecule has 0 aromatic carbocycles. The van der Waals surface area contributed by atoms with Gasteiger partial charge < -0.3 is 10.6 Å². The smallest absolute Gasteiger partial charge is 0.221 e. The van der Waals surface area contributed by atoms with Gasteiger partial charge in [-0.05, 0) is 18.9 Å². The van der Waals surface area contributed by atoms with E-state index in [0.29, 0.717) is 29.0 Å². The molecular formula is C15H21Cl2N3O3S. The van der Waals surface area contributed by atoms with Gasteiger partial charge in [-0.25, -0.2) is 13.4 Å². The summed E-state index contributed by atoms with van der Waals surface area (Å²) in [4.78, 5) is 15.8. The highest BCUT2D eigenvalue weighted by atomic mass is 35.5. The Morgan fingerprint density at radius 2 is 1.96 bits per heavy atom. The van der Waals surface area contributed by atoms with Crippen LogP contribution in [0.4, 0.5) is 5.82 Å². The van der Waals surface area contributed by atoms with Crippen molar-refractivity contribution in [1.29, 1.82) is 0 Å². The molecule has 1 fully saturated rings. The van der Waals surface area contributed by atoms with Crippen molar-refractivity contribution in [2.24, 2.45) is 0 Å². The number of amides is 1. The molecule has 2 rings (SSSR count). The lowest BCUT2D eigenvalue weighted by molar-refractivity contribution is -0.120. The summed E-state index contributed by atoms with van der Waals surface area (Å²) in [6.07, 6.45) is 4.85. The van der Waals surface area contributed by atoms with Gasteiger partial charge in [0.25, 0.3) is 0 Å². The van der Waals surface area contributed by atoms with Gasteiger partial charge in [0.1, 0.15) is 5.82 Å². The van der Waals surface area contributed by atoms with E-state index < -0.39 is 9.84 Å². The summed E-state index contributed by atoms with van der Waals surface area (Å²) in [5, 5.41) is 6.25. The maximum absolute atomic E-state index is 12.1. The van der Waals surface area contributed by atoms with E-state index in [4.69, 9.17) is 23.2 Å². The van der Waals surface area contributed by atoms with E-state index in [-0.39, 0.29) is 23.3 Å². The molecule has 1 aliphatic carbocycles. The molecule has 24 heavy (non-hydrogen) atoms. The fourth-order valence-electron chi connectivity index (χ4n) is 2.66. The maximum Gasteiger partial charge on any atom is 0.221 e. The monoisotopic (exact) mass is 393 g/mol. The van der Waals surface area contributed by atoms with Gasteiger partial charge in [0, 0.05) is 25.7 Å². The lowest BCUT2D eigenvalue weighted by Crippen LogP contribution is -2.31. The van der Waals surface area contributed by atoms with Crippen molar-refractivity contribution in [2.45, 2.75) is 37.4 Å². The number of anilines is 1. The van der Waals surface area contributed by atoms with Gasteiger partial charge in [0.2, 0.25) is 5.91 Å². The van der Waals surface area contributed by atoms with Gasteiger partial charge in [0.15, 0.2) is 9.84 Å². The third kappa shape index (κ3) is 5.79. The van der Waals surface area contributed by atoms with Crippen LogP contribution in [0.15, 0.2) is 12.3 Å². The van der Waals surface area contributed by atoms with Crippen molar-refractivity contribution in [1.82, 2.24) is 10.3 Å². The second kappa shape index (κ2) is 8.87. The van der Waals surface area contributed by atoms with Crippen LogP contribution in [0.2, 0.25) is 10.0 Å². The average molecular weight is 394 g/mol. The number of pyridine rings is 1. The van der Waals surface area contributed by atoms with Crippen LogP contribution in [0.25, 0.3) is 0 Å². The number of nitrogens with one attached hydrogen (secondary N) is 2. The number of nitrogens with zero attached hydrogens (tertiary/aromatic N) is 1. The molecule has 1 amide bonds. The van der Waals surface area contributed by atoms with E-state index in [2.05, 4.69) is 15.6 Å². The Labute approximate surface area is 152 Å². The second-order valence-electron chi connectivity index (χ2n) is 5.78. The van der Waals surface area contributed by atoms with Crippen LogP contribution in [0, 0.1) is 0 Å². The molecule has 1 saturated carbocycles. The molecule has 1 heterocycles. The van der Waals surface area contributed by atoms with Gasteiger partial charge in [-0.15, -0.1) is 0 Å². The van der Waals surface area contributed by atoms with Crippen molar-refractivity contribution < 1.29 is 13.2 Å². The molecule has 0 saturated heterocycles. The molecule has 1 aliphatic rings. The number of hydrogen-bond donors (Lipinski definition) is 2. The van der Waals surface area contributed by atoms with Crippen molar-refractivity contribution in [3.05, 3.63) is 22.3 Å². The minimum Gasteiger partial charge on any atom is -0.367 e. The molecule has 0 unspecified atom stereocenters. The first-order valence-corrected chi connectivity index (χ1v) is 10.4. The average Bonchev–Trinajstić information content (AvgIpc) is 3.06. The van der Waals surface area contributed by atoms with Gasteiger partial charge in [0.05, 0.1) is 21.0 Å². The quantitative estimate of drug-likeness (QED) is 0.662. The predicted molar refractivity (Wildman–Crippen MR) is 96.4 cm³/mol. The Bertz CT molecular complexity index is 677. The minimum absolute atomic E-state index is 0.00121. The van der Waals surface area contributed by atoms with Gasteiger partial charge in [-0.3, -0.25) is 4.79 Å². The summed E-state index contributed by atoms with van der Waals surface area (Å²) in [6, 6.07) is 1.57. The number of carbonyl (C=O) groups excluding carboxylic acids is 1. The molecule has 0 aliphatic heterocycles. The predicted octanol–water partition coefficient (Wildman–Crippen LogP) is 2.66. The summed E-state index contributed by atoms with van der Waals surface area (Å²) >= 11 is 11.7. The highest BCUT2D eigenvalue weighted by molar-refractivity contribution is 7.92. The van der Waals surface area contributed by atoms with Crippen molar-refractivity contribution in [3.63, 3.8) is 0 Å². The third-order valence-corrected chi connectivity index (χ3v) is 6.73. The lowest BCUT2D eigenvalue weighted by atomic mass is 10.4. The summed E-state index contributed by atoms with van der Waals surface area (Å²) in [5.74, 6) is 0.134. The zero-order valence-corrected chi connectivity index (χ0v) is 15.6. The number of sulfone groups is 1. The zero-order chi connectivity index (χ0) is 17.6. The second-order valence-corrected chi connectivity index (χ2v) is 9.03. The van der Waals surface area contributed by atoms with E-state index in [1.165, 1.54) is 6.20 Å². The first kappa shape index (κ1) is 19.3. The summed E-state index contributed by atoms with van der Waals surface area (Å²) < 4.78 is 24.2. The maximum atomic E-state index is 12.1. The number of hydrogen-bond acceptors (Lipinski definition) is 5. The molecule has 134 valence electrons. The van der Waals surface area contributed by atoms with E-state index in [1.54, 1.807) is 6.07 Å². The molecule has 2 N–H and O–H groups in total. The van der Waals surface area contributed by atoms with Crippen molar-refractivity contribution >= 4 is 44.8 Å². The third-order valence-electron chi connectivity index (χ3n) is 3.97. The summed E-state index contributed by atoms with van der Waals surface area (Å²) in [6.45, 7) is 0.776. The van der Waals surface area contributed by atoms with E-state index in [0.717, 1.165) is 25.7 Å². The highest BCUT2D eigenvalue weighted by Gasteiger charge is 2.28. The SMILES string of the molecule is O=C(CCS(=O)(=O)C1CCCC1)NCCNc1ncc(Cl)cc1Cl. The normalized spacial score (nSPS) is 15.4. The lowest BCUT2D eigenvalue weighted by Gasteiger charge is -2.11. The number of rotatable bonds is 8. The van der Waals surface area contributed by atoms with E-state index >= 15 is 0 Å². The van der Waals surface area contributed by atoms with Crippen LogP contribution in [0.1, 0.15) is 32.1 Å². The Morgan fingerprint density at radius 1 is 1.25 bits per heavy atom. The Hall–Kier alpha value is -1.05. The zero-order valence-electron chi connectivity index (χ0n) is 13.2. The first-order chi connectivity index (χ1) is 11.4. The number of aromatic nitrogens is 1. The number of halogens is 2. The topological polar surface area (TPSA) is 88.2 Å². The van der Waals surface area contributed by atoms with Crippen LogP contribution in [-0.4, -0.2) is 43.4 Å². The molecule has 0 atom stereocenters. The Morgan fingerprint density at radius 3 is 2.62 bits per heavy atom. The first-order valence-electron chi connectivity index (χ1n) is 7.91. The molecule has 0 bridgehead atoms. The molecule has 0 spiro atoms.